The van der Waals surface area contributed by atoms with Gasteiger partial charge in [-0.1, -0.05) is 45.4 Å². The van der Waals surface area contributed by atoms with Crippen LogP contribution in [-0.2, 0) is 16.8 Å². The summed E-state index contributed by atoms with van der Waals surface area (Å²) in [5, 5.41) is 16.8. The number of hydrogen-bond donors (Lipinski definition) is 1. The molecule has 1 N–H and O–H groups in total. The number of anilines is 1. The molecule has 1 aliphatic carbocycles. The first kappa shape index (κ1) is 23.0. The lowest BCUT2D eigenvalue weighted by Crippen LogP contribution is -2.55. The van der Waals surface area contributed by atoms with Gasteiger partial charge in [0.2, 0.25) is 0 Å². The first-order valence-corrected chi connectivity index (χ1v) is 12.2. The van der Waals surface area contributed by atoms with Gasteiger partial charge in [-0.15, -0.1) is 6.58 Å². The van der Waals surface area contributed by atoms with Crippen molar-refractivity contribution in [2.75, 3.05) is 25.1 Å². The van der Waals surface area contributed by atoms with Gasteiger partial charge < -0.3 is 14.7 Å². The van der Waals surface area contributed by atoms with Crippen molar-refractivity contribution in [2.45, 2.75) is 57.7 Å². The molecule has 7 nitrogen and oxygen atoms in total. The van der Waals surface area contributed by atoms with E-state index in [-0.39, 0.29) is 17.3 Å². The molecule has 3 aromatic rings. The second kappa shape index (κ2) is 8.47. The Morgan fingerprint density at radius 1 is 1.15 bits per heavy atom. The minimum Gasteiger partial charge on any atom is -0.385 e. The van der Waals surface area contributed by atoms with Crippen LogP contribution in [0, 0.1) is 11.8 Å². The van der Waals surface area contributed by atoms with Crippen molar-refractivity contribution in [1.29, 1.82) is 0 Å². The number of hydrogen-bond acceptors (Lipinski definition) is 6. The lowest BCUT2D eigenvalue weighted by molar-refractivity contribution is -0.0231. The Labute approximate surface area is 201 Å². The van der Waals surface area contributed by atoms with E-state index in [2.05, 4.69) is 50.4 Å². The predicted octanol–water partition coefficient (Wildman–Crippen LogP) is 4.41. The molecule has 3 atom stereocenters. The first-order valence-electron chi connectivity index (χ1n) is 12.2. The van der Waals surface area contributed by atoms with E-state index >= 15 is 0 Å². The van der Waals surface area contributed by atoms with Crippen LogP contribution in [0.5, 0.6) is 0 Å². The van der Waals surface area contributed by atoms with Gasteiger partial charge in [-0.2, -0.15) is 5.10 Å². The molecule has 2 fully saturated rings. The van der Waals surface area contributed by atoms with Gasteiger partial charge in [0.05, 0.1) is 17.3 Å². The topological polar surface area (TPSA) is 76.3 Å². The Kier molecular flexibility index (Phi) is 5.73. The Balaban J connectivity index is 1.56. The SMILES string of the molecule is C=C[C@@]1(O)[C@H](C)CN(c2cc(-n3ncc4ccc(C5(C)CCC5)cc43)nc(COC)n2)C[C@@H]1C. The van der Waals surface area contributed by atoms with Crippen molar-refractivity contribution in [3.8, 4) is 5.82 Å². The van der Waals surface area contributed by atoms with Gasteiger partial charge in [-0.3, -0.25) is 0 Å². The van der Waals surface area contributed by atoms with Crippen LogP contribution in [0.2, 0.25) is 0 Å². The minimum absolute atomic E-state index is 0.0225. The molecule has 0 radical (unpaired) electrons. The molecule has 0 unspecified atom stereocenters. The molecule has 5 rings (SSSR count). The summed E-state index contributed by atoms with van der Waals surface area (Å²) < 4.78 is 7.30. The fraction of sp³-hybridized carbons (Fsp3) is 0.519. The summed E-state index contributed by atoms with van der Waals surface area (Å²) >= 11 is 0. The van der Waals surface area contributed by atoms with Crippen LogP contribution in [0.1, 0.15) is 51.4 Å². The van der Waals surface area contributed by atoms with E-state index in [1.54, 1.807) is 13.2 Å². The molecule has 0 bridgehead atoms. The van der Waals surface area contributed by atoms with Gasteiger partial charge in [0, 0.05) is 43.5 Å². The van der Waals surface area contributed by atoms with Crippen molar-refractivity contribution in [1.82, 2.24) is 19.7 Å². The number of nitrogens with zero attached hydrogens (tertiary/aromatic N) is 5. The van der Waals surface area contributed by atoms with Crippen molar-refractivity contribution in [3.05, 3.63) is 54.5 Å². The largest absolute Gasteiger partial charge is 0.385 e. The third kappa shape index (κ3) is 3.71. The standard InChI is InChI=1S/C27H35N5O2/c1-6-27(33)18(2)15-31(16-19(27)3)24-13-25(30-23(29-24)17-34-5)32-22-12-21(26(4)10-7-11-26)9-8-20(22)14-28-32/h6,8-9,12-14,18-19,33H,1,7,10-11,15-17H2,2-5H3/t18-,19+,27-. The van der Waals surface area contributed by atoms with Gasteiger partial charge in [0.25, 0.3) is 0 Å². The highest BCUT2D eigenvalue weighted by atomic mass is 16.5. The number of methoxy groups -OCH3 is 1. The molecule has 2 aliphatic rings. The zero-order valence-electron chi connectivity index (χ0n) is 20.7. The molecule has 1 aliphatic heterocycles. The number of fused-ring (bicyclic) bond motifs is 1. The smallest absolute Gasteiger partial charge is 0.159 e. The van der Waals surface area contributed by atoms with Crippen molar-refractivity contribution in [3.63, 3.8) is 0 Å². The maximum atomic E-state index is 11.0. The molecule has 1 aromatic carbocycles. The molecule has 180 valence electrons. The highest BCUT2D eigenvalue weighted by Crippen LogP contribution is 2.44. The summed E-state index contributed by atoms with van der Waals surface area (Å²) in [6.45, 7) is 12.0. The van der Waals surface area contributed by atoms with Gasteiger partial charge in [-0.25, -0.2) is 14.6 Å². The molecule has 34 heavy (non-hydrogen) atoms. The molecule has 3 heterocycles. The maximum Gasteiger partial charge on any atom is 0.159 e. The summed E-state index contributed by atoms with van der Waals surface area (Å²) in [6.07, 6.45) is 7.33. The molecular formula is C27H35N5O2. The number of rotatable bonds is 6. The van der Waals surface area contributed by atoms with Gasteiger partial charge >= 0.3 is 0 Å². The molecule has 2 aromatic heterocycles. The number of benzene rings is 1. The molecule has 1 saturated carbocycles. The van der Waals surface area contributed by atoms with Gasteiger partial charge in [0.1, 0.15) is 12.4 Å². The van der Waals surface area contributed by atoms with Crippen LogP contribution >= 0.6 is 0 Å². The number of piperidine rings is 1. The lowest BCUT2D eigenvalue weighted by Gasteiger charge is -2.46. The maximum absolute atomic E-state index is 11.0. The van der Waals surface area contributed by atoms with E-state index in [9.17, 15) is 5.11 Å². The Morgan fingerprint density at radius 2 is 1.85 bits per heavy atom. The highest BCUT2D eigenvalue weighted by Gasteiger charge is 2.42. The fourth-order valence-electron chi connectivity index (χ4n) is 5.61. The third-order valence-electron chi connectivity index (χ3n) is 8.18. The average Bonchev–Trinajstić information content (AvgIpc) is 3.24. The van der Waals surface area contributed by atoms with Gasteiger partial charge in [0.15, 0.2) is 11.6 Å². The van der Waals surface area contributed by atoms with Crippen molar-refractivity contribution < 1.29 is 9.84 Å². The average molecular weight is 462 g/mol. The van der Waals surface area contributed by atoms with E-state index in [0.717, 1.165) is 22.5 Å². The van der Waals surface area contributed by atoms with Gasteiger partial charge in [-0.05, 0) is 29.9 Å². The molecular weight excluding hydrogens is 426 g/mol. The van der Waals surface area contributed by atoms with Crippen LogP contribution < -0.4 is 4.90 Å². The lowest BCUT2D eigenvalue weighted by atomic mass is 9.66. The minimum atomic E-state index is -0.881. The number of aromatic nitrogens is 4. The summed E-state index contributed by atoms with van der Waals surface area (Å²) in [7, 11) is 1.65. The van der Waals surface area contributed by atoms with E-state index in [1.807, 2.05) is 16.9 Å². The summed E-state index contributed by atoms with van der Waals surface area (Å²) in [5.41, 5.74) is 1.79. The summed E-state index contributed by atoms with van der Waals surface area (Å²) in [6, 6.07) is 8.68. The summed E-state index contributed by atoms with van der Waals surface area (Å²) in [5.74, 6) is 2.22. The predicted molar refractivity (Wildman–Crippen MR) is 134 cm³/mol. The quantitative estimate of drug-likeness (QED) is 0.548. The van der Waals surface area contributed by atoms with Crippen LogP contribution in [-0.4, -0.2) is 50.7 Å². The van der Waals surface area contributed by atoms with Crippen LogP contribution in [0.3, 0.4) is 0 Å². The number of aliphatic hydroxyl groups is 1. The zero-order chi connectivity index (χ0) is 24.1. The number of ether oxygens (including phenoxy) is 1. The first-order chi connectivity index (χ1) is 16.3. The van der Waals surface area contributed by atoms with E-state index < -0.39 is 5.60 Å². The second-order valence-electron chi connectivity index (χ2n) is 10.5. The monoisotopic (exact) mass is 461 g/mol. The normalized spacial score (nSPS) is 26.4. The Morgan fingerprint density at radius 3 is 2.47 bits per heavy atom. The second-order valence-corrected chi connectivity index (χ2v) is 10.5. The fourth-order valence-corrected chi connectivity index (χ4v) is 5.61. The zero-order valence-corrected chi connectivity index (χ0v) is 20.7. The Hall–Kier alpha value is -2.77. The highest BCUT2D eigenvalue weighted by molar-refractivity contribution is 5.81. The van der Waals surface area contributed by atoms with Crippen LogP contribution in [0.15, 0.2) is 43.1 Å². The van der Waals surface area contributed by atoms with E-state index in [0.29, 0.717) is 25.5 Å². The van der Waals surface area contributed by atoms with Crippen molar-refractivity contribution in [2.24, 2.45) is 11.8 Å². The molecule has 0 spiro atoms. The molecule has 0 amide bonds. The van der Waals surface area contributed by atoms with Crippen LogP contribution in [0.4, 0.5) is 5.82 Å². The third-order valence-corrected chi connectivity index (χ3v) is 8.18. The van der Waals surface area contributed by atoms with E-state index in [4.69, 9.17) is 19.8 Å². The molecule has 1 saturated heterocycles. The van der Waals surface area contributed by atoms with Crippen LogP contribution in [0.25, 0.3) is 16.7 Å². The van der Waals surface area contributed by atoms with E-state index in [1.165, 1.54) is 24.8 Å². The Bertz CT molecular complexity index is 1200. The van der Waals surface area contributed by atoms with Crippen molar-refractivity contribution >= 4 is 16.7 Å². The summed E-state index contributed by atoms with van der Waals surface area (Å²) in [4.78, 5) is 11.8. The molecule has 7 heteroatoms.